The molecule has 0 bridgehead atoms. The summed E-state index contributed by atoms with van der Waals surface area (Å²) in [6, 6.07) is 21.2. The molecule has 33 heavy (non-hydrogen) atoms. The van der Waals surface area contributed by atoms with Crippen molar-refractivity contribution in [3.8, 4) is 11.1 Å². The van der Waals surface area contributed by atoms with Crippen LogP contribution < -0.4 is 4.72 Å². The lowest BCUT2D eigenvalue weighted by Crippen LogP contribution is -2.28. The molecule has 0 unspecified atom stereocenters. The van der Waals surface area contributed by atoms with Crippen LogP contribution in [0.1, 0.15) is 30.9 Å². The lowest BCUT2D eigenvalue weighted by Gasteiger charge is -2.20. The van der Waals surface area contributed by atoms with E-state index in [1.807, 2.05) is 12.1 Å². The summed E-state index contributed by atoms with van der Waals surface area (Å²) < 4.78 is 28.0. The SMILES string of the molecule is C[C@@H]1CCCN1CCc1ccc(-c2ccc(S(=O)(=O)NCc3cc(Cl)cc(Cl)c3)cc2)cc1. The van der Waals surface area contributed by atoms with Crippen molar-refractivity contribution >= 4 is 33.2 Å². The average molecular weight is 503 g/mol. The van der Waals surface area contributed by atoms with Crippen molar-refractivity contribution in [2.75, 3.05) is 13.1 Å². The number of rotatable bonds is 8. The monoisotopic (exact) mass is 502 g/mol. The Labute approximate surface area is 206 Å². The molecule has 0 spiro atoms. The van der Waals surface area contributed by atoms with Gasteiger partial charge in [-0.2, -0.15) is 0 Å². The number of nitrogens with zero attached hydrogens (tertiary/aromatic N) is 1. The number of halogens is 2. The van der Waals surface area contributed by atoms with E-state index >= 15 is 0 Å². The third-order valence-electron chi connectivity index (χ3n) is 6.22. The Hall–Kier alpha value is -1.89. The van der Waals surface area contributed by atoms with Crippen LogP contribution >= 0.6 is 23.2 Å². The number of hydrogen-bond donors (Lipinski definition) is 1. The molecule has 0 aromatic heterocycles. The molecule has 4 nitrogen and oxygen atoms in total. The van der Waals surface area contributed by atoms with E-state index in [1.54, 1.807) is 30.3 Å². The van der Waals surface area contributed by atoms with Crippen LogP contribution in [0.25, 0.3) is 11.1 Å². The first-order valence-corrected chi connectivity index (χ1v) is 13.4. The lowest BCUT2D eigenvalue weighted by atomic mass is 10.0. The van der Waals surface area contributed by atoms with E-state index < -0.39 is 10.0 Å². The molecule has 1 atom stereocenters. The van der Waals surface area contributed by atoms with Gasteiger partial charge >= 0.3 is 0 Å². The van der Waals surface area contributed by atoms with Crippen molar-refractivity contribution in [2.45, 2.75) is 43.7 Å². The van der Waals surface area contributed by atoms with Crippen LogP contribution in [0.5, 0.6) is 0 Å². The van der Waals surface area contributed by atoms with E-state index in [0.29, 0.717) is 21.7 Å². The lowest BCUT2D eigenvalue weighted by molar-refractivity contribution is 0.272. The smallest absolute Gasteiger partial charge is 0.240 e. The minimum Gasteiger partial charge on any atom is -0.300 e. The molecule has 1 N–H and O–H groups in total. The maximum atomic E-state index is 12.7. The van der Waals surface area contributed by atoms with Gasteiger partial charge in [0.2, 0.25) is 10.0 Å². The molecule has 4 rings (SSSR count). The largest absolute Gasteiger partial charge is 0.300 e. The molecule has 0 aliphatic carbocycles. The minimum atomic E-state index is -3.65. The highest BCUT2D eigenvalue weighted by Crippen LogP contribution is 2.24. The fourth-order valence-corrected chi connectivity index (χ4v) is 5.85. The molecule has 1 saturated heterocycles. The van der Waals surface area contributed by atoms with Crippen LogP contribution in [0.3, 0.4) is 0 Å². The second-order valence-corrected chi connectivity index (χ2v) is 11.2. The molecule has 7 heteroatoms. The van der Waals surface area contributed by atoms with Crippen LogP contribution in [0.4, 0.5) is 0 Å². The number of sulfonamides is 1. The molecule has 3 aromatic carbocycles. The normalized spacial score (nSPS) is 16.9. The fraction of sp³-hybridized carbons (Fsp3) is 0.308. The zero-order valence-corrected chi connectivity index (χ0v) is 20.9. The summed E-state index contributed by atoms with van der Waals surface area (Å²) >= 11 is 12.0. The first kappa shape index (κ1) is 24.2. The fourth-order valence-electron chi connectivity index (χ4n) is 4.26. The minimum absolute atomic E-state index is 0.113. The molecule has 0 amide bonds. The van der Waals surface area contributed by atoms with Gasteiger partial charge in [-0.1, -0.05) is 59.6 Å². The molecule has 0 saturated carbocycles. The first-order valence-electron chi connectivity index (χ1n) is 11.2. The van der Waals surface area contributed by atoms with E-state index in [1.165, 1.54) is 24.9 Å². The molecule has 1 aliphatic rings. The van der Waals surface area contributed by atoms with Gasteiger partial charge in [-0.25, -0.2) is 13.1 Å². The van der Waals surface area contributed by atoms with Crippen molar-refractivity contribution < 1.29 is 8.42 Å². The van der Waals surface area contributed by atoms with Gasteiger partial charge in [0.15, 0.2) is 0 Å². The summed E-state index contributed by atoms with van der Waals surface area (Å²) in [4.78, 5) is 2.78. The third-order valence-corrected chi connectivity index (χ3v) is 8.07. The molecule has 1 fully saturated rings. The van der Waals surface area contributed by atoms with Gasteiger partial charge < -0.3 is 4.90 Å². The quantitative estimate of drug-likeness (QED) is 0.400. The second-order valence-electron chi connectivity index (χ2n) is 8.60. The first-order chi connectivity index (χ1) is 15.8. The van der Waals surface area contributed by atoms with Crippen molar-refractivity contribution in [1.82, 2.24) is 9.62 Å². The molecular formula is C26H28Cl2N2O2S. The average Bonchev–Trinajstić information content (AvgIpc) is 3.21. The van der Waals surface area contributed by atoms with E-state index in [0.717, 1.165) is 24.1 Å². The number of benzene rings is 3. The Morgan fingerprint density at radius 2 is 1.52 bits per heavy atom. The van der Waals surface area contributed by atoms with Crippen LogP contribution in [-0.4, -0.2) is 32.4 Å². The summed E-state index contributed by atoms with van der Waals surface area (Å²) in [5.41, 5.74) is 4.07. The van der Waals surface area contributed by atoms with Gasteiger partial charge in [0.05, 0.1) is 4.90 Å². The maximum Gasteiger partial charge on any atom is 0.240 e. The van der Waals surface area contributed by atoms with Crippen molar-refractivity contribution in [2.24, 2.45) is 0 Å². The highest BCUT2D eigenvalue weighted by atomic mass is 35.5. The van der Waals surface area contributed by atoms with E-state index in [2.05, 4.69) is 40.8 Å². The summed E-state index contributed by atoms with van der Waals surface area (Å²) in [5.74, 6) is 0. The maximum absolute atomic E-state index is 12.7. The standard InChI is InChI=1S/C26H28Cl2N2O2S/c1-19-3-2-13-30(19)14-12-20-4-6-22(7-5-20)23-8-10-26(11-9-23)33(31,32)29-18-21-15-24(27)17-25(28)16-21/h4-11,15-17,19,29H,2-3,12-14,18H2,1H3/t19-/m1/s1. The molecule has 3 aromatic rings. The Morgan fingerprint density at radius 1 is 0.909 bits per heavy atom. The molecule has 1 heterocycles. The van der Waals surface area contributed by atoms with E-state index in [4.69, 9.17) is 23.2 Å². The van der Waals surface area contributed by atoms with Gasteiger partial charge in [0, 0.05) is 29.2 Å². The number of nitrogens with one attached hydrogen (secondary N) is 1. The molecule has 174 valence electrons. The summed E-state index contributed by atoms with van der Waals surface area (Å²) in [5, 5.41) is 0.940. The van der Waals surface area contributed by atoms with E-state index in [9.17, 15) is 8.42 Å². The predicted octanol–water partition coefficient (Wildman–Crippen LogP) is 6.17. The van der Waals surface area contributed by atoms with Gasteiger partial charge in [-0.05, 0) is 85.3 Å². The topological polar surface area (TPSA) is 49.4 Å². The highest BCUT2D eigenvalue weighted by molar-refractivity contribution is 7.89. The van der Waals surface area contributed by atoms with Gasteiger partial charge in [0.1, 0.15) is 0 Å². The molecule has 0 radical (unpaired) electrons. The van der Waals surface area contributed by atoms with Crippen LogP contribution in [0.15, 0.2) is 71.6 Å². The zero-order chi connectivity index (χ0) is 23.4. The Bertz CT molecular complexity index is 1180. The van der Waals surface area contributed by atoms with Gasteiger partial charge in [-0.3, -0.25) is 0 Å². The van der Waals surface area contributed by atoms with Crippen LogP contribution in [0.2, 0.25) is 10.0 Å². The molecule has 1 aliphatic heterocycles. The summed E-state index contributed by atoms with van der Waals surface area (Å²) in [6.45, 7) is 4.72. The predicted molar refractivity (Wildman–Crippen MR) is 136 cm³/mol. The molecular weight excluding hydrogens is 475 g/mol. The Morgan fingerprint density at radius 3 is 2.09 bits per heavy atom. The highest BCUT2D eigenvalue weighted by Gasteiger charge is 2.19. The summed E-state index contributed by atoms with van der Waals surface area (Å²) in [6.07, 6.45) is 3.65. The number of hydrogen-bond acceptors (Lipinski definition) is 3. The van der Waals surface area contributed by atoms with Crippen molar-refractivity contribution in [1.29, 1.82) is 0 Å². The van der Waals surface area contributed by atoms with Crippen LogP contribution in [-0.2, 0) is 23.0 Å². The third kappa shape index (κ3) is 6.37. The van der Waals surface area contributed by atoms with Crippen LogP contribution in [0, 0.1) is 0 Å². The van der Waals surface area contributed by atoms with Crippen molar-refractivity contribution in [3.63, 3.8) is 0 Å². The van der Waals surface area contributed by atoms with Gasteiger partial charge in [-0.15, -0.1) is 0 Å². The van der Waals surface area contributed by atoms with Crippen molar-refractivity contribution in [3.05, 3.63) is 87.9 Å². The van der Waals surface area contributed by atoms with Gasteiger partial charge in [0.25, 0.3) is 0 Å². The number of likely N-dealkylation sites (tertiary alicyclic amines) is 1. The Kier molecular flexibility index (Phi) is 7.77. The van der Waals surface area contributed by atoms with E-state index in [-0.39, 0.29) is 11.4 Å². The summed E-state index contributed by atoms with van der Waals surface area (Å²) in [7, 11) is -3.65. The zero-order valence-electron chi connectivity index (χ0n) is 18.6. The second kappa shape index (κ2) is 10.6. The Balaban J connectivity index is 1.37.